The number of ether oxygens (including phenoxy) is 1. The van der Waals surface area contributed by atoms with Crippen LogP contribution in [0.25, 0.3) is 0 Å². The Morgan fingerprint density at radius 1 is 1.17 bits per heavy atom. The molecule has 2 saturated heterocycles. The van der Waals surface area contributed by atoms with Crippen molar-refractivity contribution in [3.8, 4) is 0 Å². The summed E-state index contributed by atoms with van der Waals surface area (Å²) in [5.41, 5.74) is -0.402. The summed E-state index contributed by atoms with van der Waals surface area (Å²) in [6.45, 7) is 14.4. The molecule has 1 unspecified atom stereocenters. The van der Waals surface area contributed by atoms with Gasteiger partial charge >= 0.3 is 6.09 Å². The maximum atomic E-state index is 12.1. The average molecular weight is 325 g/mol. The second-order valence-corrected chi connectivity index (χ2v) is 8.16. The van der Waals surface area contributed by atoms with Crippen molar-refractivity contribution in [2.75, 3.05) is 39.3 Å². The molecule has 2 heterocycles. The Bertz CT molecular complexity index is 367. The van der Waals surface area contributed by atoms with Gasteiger partial charge in [-0.2, -0.15) is 0 Å². The van der Waals surface area contributed by atoms with Crippen molar-refractivity contribution in [1.29, 1.82) is 0 Å². The molecule has 0 spiro atoms. The Morgan fingerprint density at radius 2 is 1.78 bits per heavy atom. The van der Waals surface area contributed by atoms with Gasteiger partial charge < -0.3 is 15.0 Å². The third-order valence-electron chi connectivity index (χ3n) is 4.90. The van der Waals surface area contributed by atoms with Crippen LogP contribution >= 0.6 is 0 Å². The molecule has 2 aliphatic rings. The maximum Gasteiger partial charge on any atom is 0.410 e. The normalized spacial score (nSPS) is 22.3. The van der Waals surface area contributed by atoms with Crippen molar-refractivity contribution in [3.63, 3.8) is 0 Å². The molecule has 0 aromatic heterocycles. The fourth-order valence-electron chi connectivity index (χ4n) is 3.45. The van der Waals surface area contributed by atoms with Crippen molar-refractivity contribution in [1.82, 2.24) is 15.1 Å². The topological polar surface area (TPSA) is 44.8 Å². The number of rotatable bonds is 5. The monoisotopic (exact) mass is 325 g/mol. The Morgan fingerprint density at radius 3 is 2.35 bits per heavy atom. The van der Waals surface area contributed by atoms with E-state index in [0.29, 0.717) is 12.0 Å². The lowest BCUT2D eigenvalue weighted by Gasteiger charge is -2.34. The summed E-state index contributed by atoms with van der Waals surface area (Å²) in [5, 5.41) is 3.64. The van der Waals surface area contributed by atoms with Crippen molar-refractivity contribution in [2.45, 2.75) is 65.0 Å². The number of amides is 1. The lowest BCUT2D eigenvalue weighted by molar-refractivity contribution is 0.0184. The van der Waals surface area contributed by atoms with Gasteiger partial charge in [-0.15, -0.1) is 0 Å². The minimum atomic E-state index is -0.402. The van der Waals surface area contributed by atoms with Crippen LogP contribution in [-0.2, 0) is 4.74 Å². The number of piperidine rings is 1. The quantitative estimate of drug-likeness (QED) is 0.844. The number of nitrogens with zero attached hydrogens (tertiary/aromatic N) is 2. The highest BCUT2D eigenvalue weighted by molar-refractivity contribution is 5.68. The van der Waals surface area contributed by atoms with Crippen LogP contribution in [0.1, 0.15) is 53.4 Å². The second-order valence-electron chi connectivity index (χ2n) is 8.16. The van der Waals surface area contributed by atoms with E-state index in [4.69, 9.17) is 4.74 Å². The molecule has 1 N–H and O–H groups in total. The number of hydrogen-bond donors (Lipinski definition) is 1. The van der Waals surface area contributed by atoms with E-state index in [1.165, 1.54) is 25.9 Å². The lowest BCUT2D eigenvalue weighted by Crippen LogP contribution is -2.44. The number of carbonyl (C=O) groups is 1. The summed E-state index contributed by atoms with van der Waals surface area (Å²) >= 11 is 0. The van der Waals surface area contributed by atoms with Crippen LogP contribution < -0.4 is 5.32 Å². The highest BCUT2D eigenvalue weighted by Crippen LogP contribution is 2.19. The Labute approximate surface area is 141 Å². The zero-order chi connectivity index (χ0) is 16.9. The minimum absolute atomic E-state index is 0.161. The van der Waals surface area contributed by atoms with E-state index in [1.807, 2.05) is 25.7 Å². The third kappa shape index (κ3) is 6.30. The van der Waals surface area contributed by atoms with Gasteiger partial charge in [-0.1, -0.05) is 0 Å². The molecule has 0 aromatic rings. The molecule has 2 rings (SSSR count). The second kappa shape index (κ2) is 8.34. The average Bonchev–Trinajstić information content (AvgIpc) is 3.00. The predicted molar refractivity (Wildman–Crippen MR) is 93.7 cm³/mol. The highest BCUT2D eigenvalue weighted by atomic mass is 16.6. The van der Waals surface area contributed by atoms with E-state index in [9.17, 15) is 4.79 Å². The Balaban J connectivity index is 1.60. The van der Waals surface area contributed by atoms with E-state index in [-0.39, 0.29) is 6.09 Å². The fourth-order valence-corrected chi connectivity index (χ4v) is 3.45. The molecular weight excluding hydrogens is 290 g/mol. The molecule has 1 amide bonds. The zero-order valence-corrected chi connectivity index (χ0v) is 15.4. The van der Waals surface area contributed by atoms with Gasteiger partial charge in [0.2, 0.25) is 0 Å². The summed E-state index contributed by atoms with van der Waals surface area (Å²) in [6, 6.07) is 0.638. The zero-order valence-electron chi connectivity index (χ0n) is 15.4. The van der Waals surface area contributed by atoms with Gasteiger partial charge in [0.15, 0.2) is 0 Å². The summed E-state index contributed by atoms with van der Waals surface area (Å²) < 4.78 is 5.45. The molecule has 1 atom stereocenters. The molecule has 0 radical (unpaired) electrons. The molecule has 0 saturated carbocycles. The van der Waals surface area contributed by atoms with Gasteiger partial charge in [0.05, 0.1) is 0 Å². The number of likely N-dealkylation sites (tertiary alicyclic amines) is 2. The standard InChI is InChI=1S/C18H35N3O2/c1-15(20-9-5-6-10-20)13-19-14-16-7-11-21(12-8-16)17(22)23-18(2,3)4/h15-16,19H,5-14H2,1-4H3. The van der Waals surface area contributed by atoms with Gasteiger partial charge in [0.1, 0.15) is 5.60 Å². The summed E-state index contributed by atoms with van der Waals surface area (Å²) in [4.78, 5) is 16.5. The fraction of sp³-hybridized carbons (Fsp3) is 0.944. The molecule has 2 aliphatic heterocycles. The third-order valence-corrected chi connectivity index (χ3v) is 4.90. The number of nitrogens with one attached hydrogen (secondary N) is 1. The maximum absolute atomic E-state index is 12.1. The number of hydrogen-bond acceptors (Lipinski definition) is 4. The van der Waals surface area contributed by atoms with E-state index < -0.39 is 5.60 Å². The van der Waals surface area contributed by atoms with Crippen LogP contribution in [-0.4, -0.2) is 66.8 Å². The first-order valence-electron chi connectivity index (χ1n) is 9.28. The van der Waals surface area contributed by atoms with Gasteiger partial charge in [0, 0.05) is 25.7 Å². The first-order chi connectivity index (χ1) is 10.8. The molecule has 5 heteroatoms. The van der Waals surface area contributed by atoms with E-state index in [2.05, 4.69) is 17.1 Å². The van der Waals surface area contributed by atoms with Crippen LogP contribution in [0, 0.1) is 5.92 Å². The van der Waals surface area contributed by atoms with E-state index >= 15 is 0 Å². The van der Waals surface area contributed by atoms with Gasteiger partial charge in [-0.3, -0.25) is 4.90 Å². The summed E-state index contributed by atoms with van der Waals surface area (Å²) in [5.74, 6) is 0.680. The predicted octanol–water partition coefficient (Wildman–Crippen LogP) is 2.71. The van der Waals surface area contributed by atoms with Crippen LogP contribution in [0.4, 0.5) is 4.79 Å². The minimum Gasteiger partial charge on any atom is -0.444 e. The van der Waals surface area contributed by atoms with Crippen LogP contribution in [0.3, 0.4) is 0 Å². The SMILES string of the molecule is CC(CNCC1CCN(C(=O)OC(C)(C)C)CC1)N1CCCC1. The summed E-state index contributed by atoms with van der Waals surface area (Å²) in [7, 11) is 0. The van der Waals surface area contributed by atoms with Gasteiger partial charge in [-0.25, -0.2) is 4.79 Å². The largest absolute Gasteiger partial charge is 0.444 e. The van der Waals surface area contributed by atoms with E-state index in [1.54, 1.807) is 0 Å². The molecule has 0 aromatic carbocycles. The molecule has 134 valence electrons. The van der Waals surface area contributed by atoms with Crippen LogP contribution in [0.5, 0.6) is 0 Å². The van der Waals surface area contributed by atoms with Crippen molar-refractivity contribution < 1.29 is 9.53 Å². The molecule has 0 bridgehead atoms. The lowest BCUT2D eigenvalue weighted by atomic mass is 9.97. The molecular formula is C18H35N3O2. The Hall–Kier alpha value is -0.810. The van der Waals surface area contributed by atoms with Crippen molar-refractivity contribution in [3.05, 3.63) is 0 Å². The van der Waals surface area contributed by atoms with Gasteiger partial charge in [0.25, 0.3) is 0 Å². The molecule has 0 aliphatic carbocycles. The van der Waals surface area contributed by atoms with Crippen LogP contribution in [0.2, 0.25) is 0 Å². The molecule has 2 fully saturated rings. The van der Waals surface area contributed by atoms with Crippen molar-refractivity contribution >= 4 is 6.09 Å². The molecule has 23 heavy (non-hydrogen) atoms. The summed E-state index contributed by atoms with van der Waals surface area (Å²) in [6.07, 6.45) is 4.70. The first-order valence-corrected chi connectivity index (χ1v) is 9.28. The highest BCUT2D eigenvalue weighted by Gasteiger charge is 2.26. The van der Waals surface area contributed by atoms with Crippen LogP contribution in [0.15, 0.2) is 0 Å². The van der Waals surface area contributed by atoms with E-state index in [0.717, 1.165) is 39.0 Å². The van der Waals surface area contributed by atoms with Crippen molar-refractivity contribution in [2.24, 2.45) is 5.92 Å². The first kappa shape index (κ1) is 18.5. The smallest absolute Gasteiger partial charge is 0.410 e. The van der Waals surface area contributed by atoms with Gasteiger partial charge in [-0.05, 0) is 78.9 Å². The number of carbonyl (C=O) groups excluding carboxylic acids is 1. The Kier molecular flexibility index (Phi) is 6.72. The molecule has 5 nitrogen and oxygen atoms in total.